The fourth-order valence-electron chi connectivity index (χ4n) is 4.16. The van der Waals surface area contributed by atoms with Crippen LogP contribution in [-0.4, -0.2) is 0 Å². The van der Waals surface area contributed by atoms with Gasteiger partial charge in [-0.25, -0.2) is 0 Å². The number of hydrogen-bond acceptors (Lipinski definition) is 0. The van der Waals surface area contributed by atoms with Gasteiger partial charge in [-0.3, -0.25) is 0 Å². The second-order valence-corrected chi connectivity index (χ2v) is 6.98. The van der Waals surface area contributed by atoms with Crippen LogP contribution in [0.5, 0.6) is 0 Å². The summed E-state index contributed by atoms with van der Waals surface area (Å²) >= 11 is 0. The number of fused-ring (bicyclic) bond motifs is 3. The van der Waals surface area contributed by atoms with Crippen molar-refractivity contribution in [1.29, 1.82) is 0 Å². The first-order valence-corrected chi connectivity index (χ1v) is 9.05. The Hall–Kier alpha value is -1.05. The van der Waals surface area contributed by atoms with E-state index >= 15 is 0 Å². The van der Waals surface area contributed by atoms with Gasteiger partial charge in [0.25, 0.3) is 0 Å². The van der Waals surface area contributed by atoms with E-state index in [4.69, 9.17) is 0 Å². The zero-order valence-corrected chi connectivity index (χ0v) is 18.6. The maximum atomic E-state index is 2.41. The SMILES string of the molecule is CC(CCC=CC1=CC=CC1)C1c2ccccc2-c2ccccc21.[Cl-].[Cl-].[Ti+2]. The topological polar surface area (TPSA) is 0 Å². The van der Waals surface area contributed by atoms with Crippen LogP contribution in [0.2, 0.25) is 0 Å². The van der Waals surface area contributed by atoms with E-state index in [9.17, 15) is 0 Å². The molecule has 2 aromatic rings. The molecule has 0 saturated carbocycles. The molecule has 4 rings (SSSR count). The first kappa shape index (κ1) is 24.0. The standard InChI is InChI=1S/C24H24.2ClH.Ti/c1-18(10-2-3-11-19-12-4-5-13-19)24-22-16-8-6-14-20(22)21-15-7-9-17-23(21)24;;;/h3-9,11-12,14-18,24H,2,10,13H2,1H3;2*1H;/q;;;+2/p-2. The molecule has 0 fully saturated rings. The molecule has 1 unspecified atom stereocenters. The van der Waals surface area contributed by atoms with Crippen molar-refractivity contribution in [2.45, 2.75) is 32.1 Å². The van der Waals surface area contributed by atoms with Crippen molar-refractivity contribution in [3.05, 3.63) is 95.6 Å². The van der Waals surface area contributed by atoms with Crippen molar-refractivity contribution in [3.8, 4) is 11.1 Å². The molecule has 2 aliphatic carbocycles. The normalized spacial score (nSPS) is 15.2. The first-order valence-electron chi connectivity index (χ1n) is 9.05. The van der Waals surface area contributed by atoms with Crippen LogP contribution in [0.4, 0.5) is 0 Å². The average Bonchev–Trinajstić information content (AvgIpc) is 3.24. The molecule has 0 saturated heterocycles. The third-order valence-corrected chi connectivity index (χ3v) is 5.37. The van der Waals surface area contributed by atoms with Gasteiger partial charge in [-0.1, -0.05) is 85.8 Å². The van der Waals surface area contributed by atoms with Gasteiger partial charge in [-0.2, -0.15) is 0 Å². The maximum absolute atomic E-state index is 2.41. The summed E-state index contributed by atoms with van der Waals surface area (Å²) in [6, 6.07) is 17.9. The fraction of sp³-hybridized carbons (Fsp3) is 0.250. The van der Waals surface area contributed by atoms with Crippen LogP contribution in [-0.2, 0) is 21.7 Å². The summed E-state index contributed by atoms with van der Waals surface area (Å²) in [5, 5.41) is 0. The summed E-state index contributed by atoms with van der Waals surface area (Å²) < 4.78 is 0. The molecule has 0 radical (unpaired) electrons. The van der Waals surface area contributed by atoms with Gasteiger partial charge in [0.15, 0.2) is 0 Å². The minimum Gasteiger partial charge on any atom is -1.00 e. The van der Waals surface area contributed by atoms with Gasteiger partial charge in [0.05, 0.1) is 0 Å². The van der Waals surface area contributed by atoms with Crippen molar-refractivity contribution in [3.63, 3.8) is 0 Å². The molecule has 0 aromatic heterocycles. The molecule has 0 amide bonds. The van der Waals surface area contributed by atoms with Gasteiger partial charge in [-0.15, -0.1) is 0 Å². The largest absolute Gasteiger partial charge is 2.00 e. The van der Waals surface area contributed by atoms with Gasteiger partial charge in [0.1, 0.15) is 0 Å². The van der Waals surface area contributed by atoms with E-state index in [-0.39, 0.29) is 46.5 Å². The van der Waals surface area contributed by atoms with E-state index in [0.29, 0.717) is 11.8 Å². The number of halogens is 2. The van der Waals surface area contributed by atoms with Gasteiger partial charge in [0.2, 0.25) is 0 Å². The van der Waals surface area contributed by atoms with Crippen LogP contribution in [0, 0.1) is 5.92 Å². The van der Waals surface area contributed by atoms with Gasteiger partial charge >= 0.3 is 21.7 Å². The average molecular weight is 431 g/mol. The summed E-state index contributed by atoms with van der Waals surface area (Å²) in [7, 11) is 0. The minimum absolute atomic E-state index is 0. The van der Waals surface area contributed by atoms with Crippen LogP contribution in [0.3, 0.4) is 0 Å². The van der Waals surface area contributed by atoms with Crippen LogP contribution in [0.25, 0.3) is 11.1 Å². The second kappa shape index (κ2) is 11.1. The number of rotatable bonds is 5. The zero-order chi connectivity index (χ0) is 16.4. The number of allylic oxidation sites excluding steroid dienone is 6. The van der Waals surface area contributed by atoms with E-state index in [1.54, 1.807) is 0 Å². The summed E-state index contributed by atoms with van der Waals surface area (Å²) in [6.07, 6.45) is 14.7. The quantitative estimate of drug-likeness (QED) is 0.611. The van der Waals surface area contributed by atoms with Gasteiger partial charge in [-0.05, 0) is 53.0 Å². The van der Waals surface area contributed by atoms with E-state index in [0.717, 1.165) is 12.8 Å². The van der Waals surface area contributed by atoms with Crippen molar-refractivity contribution >= 4 is 0 Å². The third kappa shape index (κ3) is 5.06. The van der Waals surface area contributed by atoms with Crippen molar-refractivity contribution in [1.82, 2.24) is 0 Å². The van der Waals surface area contributed by atoms with Crippen LogP contribution in [0.15, 0.2) is 84.5 Å². The van der Waals surface area contributed by atoms with Crippen molar-refractivity contribution in [2.24, 2.45) is 5.92 Å². The van der Waals surface area contributed by atoms with E-state index < -0.39 is 0 Å². The Morgan fingerprint density at radius 2 is 1.56 bits per heavy atom. The summed E-state index contributed by atoms with van der Waals surface area (Å²) in [5.41, 5.74) is 7.32. The zero-order valence-electron chi connectivity index (χ0n) is 15.5. The molecule has 27 heavy (non-hydrogen) atoms. The molecule has 3 heteroatoms. The minimum atomic E-state index is 0. The summed E-state index contributed by atoms with van der Waals surface area (Å²) in [6.45, 7) is 2.41. The predicted octanol–water partition coefficient (Wildman–Crippen LogP) is 0.663. The molecule has 0 bridgehead atoms. The molecule has 0 spiro atoms. The molecule has 0 N–H and O–H groups in total. The van der Waals surface area contributed by atoms with E-state index in [1.165, 1.54) is 34.2 Å². The van der Waals surface area contributed by atoms with E-state index in [2.05, 4.69) is 85.8 Å². The molecule has 2 aromatic carbocycles. The Bertz CT molecular complexity index is 790. The van der Waals surface area contributed by atoms with E-state index in [1.807, 2.05) is 0 Å². The molecular formula is C24H24Cl2Ti. The monoisotopic (exact) mass is 430 g/mol. The smallest absolute Gasteiger partial charge is 1.00 e. The molecule has 138 valence electrons. The molecule has 0 nitrogen and oxygen atoms in total. The Balaban J connectivity index is 0.00000121. The van der Waals surface area contributed by atoms with Crippen LogP contribution < -0.4 is 24.8 Å². The summed E-state index contributed by atoms with van der Waals surface area (Å²) in [4.78, 5) is 0. The van der Waals surface area contributed by atoms with Crippen molar-refractivity contribution in [2.75, 3.05) is 0 Å². The number of benzene rings is 2. The third-order valence-electron chi connectivity index (χ3n) is 5.37. The van der Waals surface area contributed by atoms with Crippen LogP contribution in [0.1, 0.15) is 43.2 Å². The molecule has 1 atom stereocenters. The number of hydrogen-bond donors (Lipinski definition) is 0. The van der Waals surface area contributed by atoms with Gasteiger partial charge < -0.3 is 24.8 Å². The maximum Gasteiger partial charge on any atom is 2.00 e. The second-order valence-electron chi connectivity index (χ2n) is 6.98. The Morgan fingerprint density at radius 1 is 0.963 bits per heavy atom. The predicted molar refractivity (Wildman–Crippen MR) is 103 cm³/mol. The molecule has 2 aliphatic rings. The molecule has 0 heterocycles. The van der Waals surface area contributed by atoms with Gasteiger partial charge in [0, 0.05) is 5.92 Å². The Kier molecular flexibility index (Phi) is 9.84. The first-order chi connectivity index (χ1) is 11.8. The Morgan fingerprint density at radius 3 is 2.11 bits per heavy atom. The molecule has 0 aliphatic heterocycles. The van der Waals surface area contributed by atoms with Crippen molar-refractivity contribution < 1.29 is 46.5 Å². The molecular weight excluding hydrogens is 407 g/mol. The summed E-state index contributed by atoms with van der Waals surface area (Å²) in [5.74, 6) is 1.19. The Labute approximate surface area is 190 Å². The van der Waals surface area contributed by atoms with Crippen LogP contribution >= 0.6 is 0 Å². The fourth-order valence-corrected chi connectivity index (χ4v) is 4.16.